The molecule has 1 fully saturated rings. The van der Waals surface area contributed by atoms with E-state index in [-0.39, 0.29) is 12.2 Å². The van der Waals surface area contributed by atoms with Crippen molar-refractivity contribution in [3.63, 3.8) is 0 Å². The highest BCUT2D eigenvalue weighted by Gasteiger charge is 2.48. The first-order chi connectivity index (χ1) is 13.9. The van der Waals surface area contributed by atoms with Crippen LogP contribution < -0.4 is 4.74 Å². The van der Waals surface area contributed by atoms with Crippen molar-refractivity contribution < 1.29 is 17.9 Å². The molecule has 0 aromatic heterocycles. The van der Waals surface area contributed by atoms with Gasteiger partial charge in [0.25, 0.3) is 0 Å². The Bertz CT molecular complexity index is 851. The Hall–Kier alpha value is -1.97. The molecule has 1 saturated carbocycles. The minimum Gasteiger partial charge on any atom is -0.429 e. The van der Waals surface area contributed by atoms with Crippen molar-refractivity contribution in [2.45, 2.75) is 76.7 Å². The zero-order valence-corrected chi connectivity index (χ0v) is 17.2. The zero-order valence-electron chi connectivity index (χ0n) is 17.2. The van der Waals surface area contributed by atoms with E-state index in [2.05, 4.69) is 6.92 Å². The summed E-state index contributed by atoms with van der Waals surface area (Å²) in [5.41, 5.74) is 2.61. The number of benzene rings is 2. The Morgan fingerprint density at radius 3 is 2.28 bits per heavy atom. The third-order valence-corrected chi connectivity index (χ3v) is 6.79. The number of halogens is 3. The number of aryl methyl sites for hydroxylation is 1. The highest BCUT2D eigenvalue weighted by atomic mass is 19.3. The number of hydrogen-bond donors (Lipinski definition) is 0. The Morgan fingerprint density at radius 2 is 1.62 bits per heavy atom. The van der Waals surface area contributed by atoms with Gasteiger partial charge in [0.1, 0.15) is 0 Å². The SMILES string of the molecule is CCCC1CCC(c2ccc(C3Cc4ccc(C)c(F)c4OC3(F)F)cc2)CC1. The minimum absolute atomic E-state index is 0.0704. The van der Waals surface area contributed by atoms with E-state index in [1.54, 1.807) is 19.1 Å². The van der Waals surface area contributed by atoms with Gasteiger partial charge in [-0.25, -0.2) is 4.39 Å². The van der Waals surface area contributed by atoms with Gasteiger partial charge in [-0.3, -0.25) is 0 Å². The van der Waals surface area contributed by atoms with Crippen molar-refractivity contribution in [2.75, 3.05) is 0 Å². The number of fused-ring (bicyclic) bond motifs is 1. The van der Waals surface area contributed by atoms with Gasteiger partial charge < -0.3 is 4.74 Å². The molecule has 0 N–H and O–H groups in total. The molecule has 4 rings (SSSR count). The van der Waals surface area contributed by atoms with Crippen LogP contribution in [0.5, 0.6) is 5.75 Å². The number of hydrogen-bond acceptors (Lipinski definition) is 1. The maximum atomic E-state index is 14.7. The van der Waals surface area contributed by atoms with Crippen molar-refractivity contribution in [1.29, 1.82) is 0 Å². The summed E-state index contributed by atoms with van der Waals surface area (Å²) in [5, 5.41) is 0. The predicted molar refractivity (Wildman–Crippen MR) is 109 cm³/mol. The molecule has 1 aliphatic heterocycles. The summed E-state index contributed by atoms with van der Waals surface area (Å²) in [5.74, 6) is -0.719. The minimum atomic E-state index is -3.43. The summed E-state index contributed by atoms with van der Waals surface area (Å²) in [6.45, 7) is 3.79. The molecule has 1 atom stereocenters. The molecular formula is C25H29F3O. The molecule has 156 valence electrons. The van der Waals surface area contributed by atoms with Crippen LogP contribution in [0.25, 0.3) is 0 Å². The Labute approximate surface area is 171 Å². The van der Waals surface area contributed by atoms with Gasteiger partial charge in [-0.15, -0.1) is 0 Å². The fraction of sp³-hybridized carbons (Fsp3) is 0.520. The highest BCUT2D eigenvalue weighted by Crippen LogP contribution is 2.46. The van der Waals surface area contributed by atoms with Gasteiger partial charge in [0.2, 0.25) is 0 Å². The Kier molecular flexibility index (Phi) is 5.63. The van der Waals surface area contributed by atoms with Gasteiger partial charge in [-0.05, 0) is 73.1 Å². The topological polar surface area (TPSA) is 9.23 Å². The van der Waals surface area contributed by atoms with Gasteiger partial charge in [-0.1, -0.05) is 56.2 Å². The first-order valence-corrected chi connectivity index (χ1v) is 10.8. The van der Waals surface area contributed by atoms with Crippen molar-refractivity contribution >= 4 is 0 Å². The van der Waals surface area contributed by atoms with E-state index in [1.807, 2.05) is 24.3 Å². The van der Waals surface area contributed by atoms with Crippen LogP contribution in [0.1, 0.15) is 79.5 Å². The molecule has 0 amide bonds. The van der Waals surface area contributed by atoms with E-state index in [4.69, 9.17) is 4.74 Å². The van der Waals surface area contributed by atoms with Crippen molar-refractivity contribution in [1.82, 2.24) is 0 Å². The first-order valence-electron chi connectivity index (χ1n) is 10.8. The van der Waals surface area contributed by atoms with Crippen molar-refractivity contribution in [3.05, 3.63) is 64.5 Å². The lowest BCUT2D eigenvalue weighted by atomic mass is 9.77. The largest absolute Gasteiger partial charge is 0.429 e. The average molecular weight is 403 g/mol. The zero-order chi connectivity index (χ0) is 20.6. The van der Waals surface area contributed by atoms with Crippen LogP contribution in [0, 0.1) is 18.7 Å². The smallest absolute Gasteiger partial charge is 0.405 e. The molecule has 1 nitrogen and oxygen atoms in total. The van der Waals surface area contributed by atoms with Crippen LogP contribution in [0.3, 0.4) is 0 Å². The van der Waals surface area contributed by atoms with E-state index in [9.17, 15) is 13.2 Å². The fourth-order valence-corrected chi connectivity index (χ4v) is 5.02. The van der Waals surface area contributed by atoms with E-state index >= 15 is 0 Å². The van der Waals surface area contributed by atoms with Crippen LogP contribution in [-0.2, 0) is 6.42 Å². The average Bonchev–Trinajstić information content (AvgIpc) is 2.71. The van der Waals surface area contributed by atoms with Crippen LogP contribution in [0.15, 0.2) is 36.4 Å². The third-order valence-electron chi connectivity index (χ3n) is 6.79. The highest BCUT2D eigenvalue weighted by molar-refractivity contribution is 5.43. The van der Waals surface area contributed by atoms with Gasteiger partial charge in [0, 0.05) is 0 Å². The molecule has 1 unspecified atom stereocenters. The Morgan fingerprint density at radius 1 is 0.966 bits per heavy atom. The maximum Gasteiger partial charge on any atom is 0.405 e. The summed E-state index contributed by atoms with van der Waals surface area (Å²) < 4.78 is 48.6. The summed E-state index contributed by atoms with van der Waals surface area (Å²) in [7, 11) is 0. The molecule has 0 saturated heterocycles. The second-order valence-electron chi connectivity index (χ2n) is 8.78. The van der Waals surface area contributed by atoms with Crippen LogP contribution >= 0.6 is 0 Å². The molecule has 0 radical (unpaired) electrons. The van der Waals surface area contributed by atoms with E-state index in [1.165, 1.54) is 44.1 Å². The third kappa shape index (κ3) is 4.04. The molecule has 0 bridgehead atoms. The van der Waals surface area contributed by atoms with E-state index in [0.29, 0.717) is 22.6 Å². The van der Waals surface area contributed by atoms with Gasteiger partial charge >= 0.3 is 6.11 Å². The lowest BCUT2D eigenvalue weighted by Crippen LogP contribution is -2.38. The first kappa shape index (κ1) is 20.3. The van der Waals surface area contributed by atoms with Crippen LogP contribution in [0.2, 0.25) is 0 Å². The molecule has 2 aliphatic rings. The second-order valence-corrected chi connectivity index (χ2v) is 8.78. The normalized spacial score (nSPS) is 25.9. The van der Waals surface area contributed by atoms with Gasteiger partial charge in [-0.2, -0.15) is 8.78 Å². The standard InChI is InChI=1S/C25H29F3O/c1-3-4-17-6-9-18(10-7-17)19-11-13-20(14-12-19)22-15-21-8-5-16(2)23(26)24(21)29-25(22,27)28/h5,8,11-14,17-18,22H,3-4,6-7,9-10,15H2,1-2H3. The molecular weight excluding hydrogens is 373 g/mol. The van der Waals surface area contributed by atoms with Gasteiger partial charge in [0.05, 0.1) is 5.92 Å². The number of ether oxygens (including phenoxy) is 1. The molecule has 1 aliphatic carbocycles. The quantitative estimate of drug-likeness (QED) is 0.514. The monoisotopic (exact) mass is 402 g/mol. The molecule has 29 heavy (non-hydrogen) atoms. The van der Waals surface area contributed by atoms with E-state index in [0.717, 1.165) is 5.92 Å². The molecule has 0 spiro atoms. The molecule has 2 aromatic carbocycles. The lowest BCUT2D eigenvalue weighted by Gasteiger charge is -2.34. The van der Waals surface area contributed by atoms with Crippen LogP contribution in [0.4, 0.5) is 13.2 Å². The molecule has 1 heterocycles. The van der Waals surface area contributed by atoms with E-state index < -0.39 is 17.8 Å². The number of rotatable bonds is 4. The van der Waals surface area contributed by atoms with Crippen molar-refractivity contribution in [2.24, 2.45) is 5.92 Å². The summed E-state index contributed by atoms with van der Waals surface area (Å²) in [6.07, 6.45) is 4.07. The predicted octanol–water partition coefficient (Wildman–Crippen LogP) is 7.52. The van der Waals surface area contributed by atoms with Crippen LogP contribution in [-0.4, -0.2) is 6.11 Å². The number of alkyl halides is 2. The summed E-state index contributed by atoms with van der Waals surface area (Å²) in [6, 6.07) is 10.9. The maximum absolute atomic E-state index is 14.7. The fourth-order valence-electron chi connectivity index (χ4n) is 5.02. The van der Waals surface area contributed by atoms with Gasteiger partial charge in [0.15, 0.2) is 11.6 Å². The second kappa shape index (κ2) is 8.04. The molecule has 2 aromatic rings. The molecule has 4 heteroatoms. The summed E-state index contributed by atoms with van der Waals surface area (Å²) in [4.78, 5) is 0. The van der Waals surface area contributed by atoms with Crippen molar-refractivity contribution in [3.8, 4) is 5.75 Å². The Balaban J connectivity index is 1.51. The summed E-state index contributed by atoms with van der Waals surface area (Å²) >= 11 is 0. The lowest BCUT2D eigenvalue weighted by molar-refractivity contribution is -0.203.